The Hall–Kier alpha value is -1.55. The average molecular weight is 564 g/mol. The van der Waals surface area contributed by atoms with Crippen molar-refractivity contribution in [2.45, 2.75) is 95.4 Å². The third-order valence-corrected chi connectivity index (χ3v) is 9.06. The molecule has 2 aliphatic carbocycles. The normalized spacial score (nSPS) is 26.6. The topological polar surface area (TPSA) is 79.0 Å². The molecule has 0 aromatic heterocycles. The largest absolute Gasteiger partial charge is 0.368 e. The zero-order valence-corrected chi connectivity index (χ0v) is 23.5. The van der Waals surface area contributed by atoms with Gasteiger partial charge in [-0.3, -0.25) is 14.4 Å². The van der Waals surface area contributed by atoms with Crippen LogP contribution in [0.15, 0.2) is 24.3 Å². The third kappa shape index (κ3) is 6.26. The van der Waals surface area contributed by atoms with E-state index in [9.17, 15) is 14.4 Å². The van der Waals surface area contributed by atoms with Gasteiger partial charge in [-0.05, 0) is 87.6 Å². The SMILES string of the molecule is C.O=C(N[C@H](C(=O)N1CC[C@H]2OCC(=O)[C@H]21)C1CCCC1)c1ccc(C2CCN(C3CC3)CC2)cc1.S.S. The molecule has 2 amide bonds. The van der Waals surface area contributed by atoms with Crippen LogP contribution >= 0.6 is 27.0 Å². The molecule has 3 saturated heterocycles. The molecule has 6 rings (SSSR count). The van der Waals surface area contributed by atoms with E-state index in [2.05, 4.69) is 22.3 Å². The fraction of sp³-hybridized carbons (Fsp3) is 0.690. The van der Waals surface area contributed by atoms with Gasteiger partial charge in [0, 0.05) is 18.2 Å². The van der Waals surface area contributed by atoms with E-state index in [1.165, 1.54) is 44.3 Å². The molecular formula is C29H45N3O4S2. The van der Waals surface area contributed by atoms with E-state index < -0.39 is 12.1 Å². The van der Waals surface area contributed by atoms with Crippen molar-refractivity contribution in [3.05, 3.63) is 35.4 Å². The van der Waals surface area contributed by atoms with E-state index in [0.717, 1.165) is 31.7 Å². The molecule has 38 heavy (non-hydrogen) atoms. The highest BCUT2D eigenvalue weighted by molar-refractivity contribution is 7.59. The Labute approximate surface area is 241 Å². The van der Waals surface area contributed by atoms with Crippen molar-refractivity contribution in [1.29, 1.82) is 0 Å². The maximum Gasteiger partial charge on any atom is 0.251 e. The fourth-order valence-corrected chi connectivity index (χ4v) is 6.86. The van der Waals surface area contributed by atoms with E-state index in [4.69, 9.17) is 4.74 Å². The lowest BCUT2D eigenvalue weighted by molar-refractivity contribution is -0.139. The summed E-state index contributed by atoms with van der Waals surface area (Å²) in [6.45, 7) is 2.96. The highest BCUT2D eigenvalue weighted by Crippen LogP contribution is 2.35. The Morgan fingerprint density at radius 3 is 2.18 bits per heavy atom. The number of ether oxygens (including phenoxy) is 1. The Kier molecular flexibility index (Phi) is 10.8. The maximum atomic E-state index is 13.6. The van der Waals surface area contributed by atoms with Gasteiger partial charge in [0.15, 0.2) is 5.78 Å². The summed E-state index contributed by atoms with van der Waals surface area (Å²) in [6, 6.07) is 7.79. The standard InChI is InChI=1S/C28H37N3O4.CH4.2H2S/c32-23-17-35-24-13-16-31(26(23)24)28(34)25(20-3-1-2-4-20)29-27(33)21-7-5-18(6-8-21)19-11-14-30(15-12-19)22-9-10-22;;;/h5-8,19-20,22,24-26H,1-4,9-17H2,(H,29,33);1H4;2*1H2/t24-,25+,26-;;;/m1.../s1. The molecule has 3 aliphatic heterocycles. The van der Waals surface area contributed by atoms with E-state index in [0.29, 0.717) is 24.4 Å². The summed E-state index contributed by atoms with van der Waals surface area (Å²) in [5.74, 6) is 0.352. The van der Waals surface area contributed by atoms with Gasteiger partial charge in [0.2, 0.25) is 5.91 Å². The van der Waals surface area contributed by atoms with Crippen LogP contribution in [-0.2, 0) is 14.3 Å². The van der Waals surface area contributed by atoms with Crippen molar-refractivity contribution in [2.24, 2.45) is 5.92 Å². The van der Waals surface area contributed by atoms with Crippen molar-refractivity contribution in [1.82, 2.24) is 15.1 Å². The van der Waals surface area contributed by atoms with Crippen LogP contribution in [-0.4, -0.2) is 77.9 Å². The minimum Gasteiger partial charge on any atom is -0.368 e. The van der Waals surface area contributed by atoms with Crippen molar-refractivity contribution < 1.29 is 19.1 Å². The van der Waals surface area contributed by atoms with E-state index >= 15 is 0 Å². The van der Waals surface area contributed by atoms with Crippen LogP contribution in [0.3, 0.4) is 0 Å². The number of piperidine rings is 1. The van der Waals surface area contributed by atoms with Crippen LogP contribution in [0.4, 0.5) is 0 Å². The summed E-state index contributed by atoms with van der Waals surface area (Å²) < 4.78 is 5.57. The number of nitrogens with zero attached hydrogens (tertiary/aromatic N) is 2. The number of fused-ring (bicyclic) bond motifs is 1. The molecule has 3 atom stereocenters. The highest BCUT2D eigenvalue weighted by atomic mass is 32.1. The van der Waals surface area contributed by atoms with Crippen LogP contribution in [0.1, 0.15) is 87.1 Å². The molecule has 5 aliphatic rings. The number of carbonyl (C=O) groups is 3. The predicted octanol–water partition coefficient (Wildman–Crippen LogP) is 3.75. The van der Waals surface area contributed by atoms with Gasteiger partial charge in [-0.1, -0.05) is 32.4 Å². The molecule has 3 heterocycles. The van der Waals surface area contributed by atoms with Crippen LogP contribution in [0, 0.1) is 5.92 Å². The number of hydrogen-bond acceptors (Lipinski definition) is 5. The van der Waals surface area contributed by atoms with Crippen molar-refractivity contribution in [3.8, 4) is 0 Å². The third-order valence-electron chi connectivity index (χ3n) is 9.06. The van der Waals surface area contributed by atoms with Gasteiger partial charge < -0.3 is 19.9 Å². The number of hydrogen-bond donors (Lipinski definition) is 1. The average Bonchev–Trinajstić information content (AvgIpc) is 3.26. The highest BCUT2D eigenvalue weighted by Gasteiger charge is 2.49. The monoisotopic (exact) mass is 563 g/mol. The molecule has 2 saturated carbocycles. The summed E-state index contributed by atoms with van der Waals surface area (Å²) in [4.78, 5) is 43.6. The first-order valence-corrected chi connectivity index (χ1v) is 13.7. The molecule has 212 valence electrons. The van der Waals surface area contributed by atoms with E-state index in [-0.39, 0.29) is 70.6 Å². The van der Waals surface area contributed by atoms with Crippen molar-refractivity contribution in [2.75, 3.05) is 26.2 Å². The first-order chi connectivity index (χ1) is 17.1. The number of Topliss-reactive ketones (excluding diaryl/α,β-unsaturated/α-hetero) is 1. The number of carbonyl (C=O) groups excluding carboxylic acids is 3. The Morgan fingerprint density at radius 2 is 1.55 bits per heavy atom. The summed E-state index contributed by atoms with van der Waals surface area (Å²) in [7, 11) is 0. The Balaban J connectivity index is 0.00000133. The number of rotatable bonds is 6. The smallest absolute Gasteiger partial charge is 0.251 e. The van der Waals surface area contributed by atoms with Crippen LogP contribution in [0.25, 0.3) is 0 Å². The molecule has 0 bridgehead atoms. The first-order valence-electron chi connectivity index (χ1n) is 13.7. The molecule has 0 unspecified atom stereocenters. The second-order valence-electron chi connectivity index (χ2n) is 11.2. The molecule has 7 nitrogen and oxygen atoms in total. The van der Waals surface area contributed by atoms with E-state index in [1.807, 2.05) is 12.1 Å². The van der Waals surface area contributed by atoms with Crippen molar-refractivity contribution >= 4 is 44.6 Å². The van der Waals surface area contributed by atoms with Gasteiger partial charge >= 0.3 is 0 Å². The summed E-state index contributed by atoms with van der Waals surface area (Å²) in [5.41, 5.74) is 1.91. The summed E-state index contributed by atoms with van der Waals surface area (Å²) in [5, 5.41) is 3.08. The Bertz CT molecular complexity index is 973. The van der Waals surface area contributed by atoms with Crippen LogP contribution in [0.5, 0.6) is 0 Å². The zero-order chi connectivity index (χ0) is 23.9. The molecule has 1 aromatic carbocycles. The lowest BCUT2D eigenvalue weighted by Gasteiger charge is -2.32. The van der Waals surface area contributed by atoms with Gasteiger partial charge in [0.25, 0.3) is 5.91 Å². The molecule has 0 spiro atoms. The minimum absolute atomic E-state index is 0. The maximum absolute atomic E-state index is 13.6. The second-order valence-corrected chi connectivity index (χ2v) is 11.2. The molecule has 5 fully saturated rings. The number of benzene rings is 1. The van der Waals surface area contributed by atoms with Gasteiger partial charge in [-0.2, -0.15) is 27.0 Å². The summed E-state index contributed by atoms with van der Waals surface area (Å²) in [6.07, 6.45) is 9.61. The molecule has 1 N–H and O–H groups in total. The van der Waals surface area contributed by atoms with Crippen molar-refractivity contribution in [3.63, 3.8) is 0 Å². The zero-order valence-electron chi connectivity index (χ0n) is 21.5. The van der Waals surface area contributed by atoms with Gasteiger partial charge in [0.05, 0.1) is 6.10 Å². The number of ketones is 1. The molecule has 1 aromatic rings. The molecule has 9 heteroatoms. The number of nitrogens with one attached hydrogen (secondary N) is 1. The molecule has 0 radical (unpaired) electrons. The fourth-order valence-electron chi connectivity index (χ4n) is 6.86. The first kappa shape index (κ1) is 31.0. The number of amides is 2. The van der Waals surface area contributed by atoms with Gasteiger partial charge in [0.1, 0.15) is 18.7 Å². The van der Waals surface area contributed by atoms with Crippen LogP contribution in [0.2, 0.25) is 0 Å². The molecular weight excluding hydrogens is 518 g/mol. The summed E-state index contributed by atoms with van der Waals surface area (Å²) >= 11 is 0. The number of likely N-dealkylation sites (tertiary alicyclic amines) is 2. The Morgan fingerprint density at radius 1 is 0.895 bits per heavy atom. The lowest BCUT2D eigenvalue weighted by atomic mass is 9.89. The minimum atomic E-state index is -0.580. The predicted molar refractivity (Wildman–Crippen MR) is 159 cm³/mol. The quantitative estimate of drug-likeness (QED) is 0.571. The van der Waals surface area contributed by atoms with Crippen LogP contribution < -0.4 is 5.32 Å². The van der Waals surface area contributed by atoms with Gasteiger partial charge in [-0.25, -0.2) is 0 Å². The second kappa shape index (κ2) is 13.2. The van der Waals surface area contributed by atoms with Gasteiger partial charge in [-0.15, -0.1) is 0 Å². The lowest BCUT2D eigenvalue weighted by Crippen LogP contribution is -2.54. The van der Waals surface area contributed by atoms with E-state index in [1.54, 1.807) is 4.90 Å².